The van der Waals surface area contributed by atoms with Crippen LogP contribution in [0.4, 0.5) is 11.4 Å². The van der Waals surface area contributed by atoms with Gasteiger partial charge in [0, 0.05) is 17.7 Å². The van der Waals surface area contributed by atoms with E-state index < -0.39 is 10.0 Å². The van der Waals surface area contributed by atoms with Gasteiger partial charge in [0.1, 0.15) is 0 Å². The predicted molar refractivity (Wildman–Crippen MR) is 130 cm³/mol. The Bertz CT molecular complexity index is 1310. The molecule has 7 heteroatoms. The Kier molecular flexibility index (Phi) is 5.50. The maximum absolute atomic E-state index is 13.2. The molecule has 1 heterocycles. The van der Waals surface area contributed by atoms with Gasteiger partial charge >= 0.3 is 0 Å². The van der Waals surface area contributed by atoms with Crippen LogP contribution in [0.5, 0.6) is 11.5 Å². The van der Waals surface area contributed by atoms with Gasteiger partial charge in [-0.2, -0.15) is 0 Å². The number of allylic oxidation sites excluding steroid dienone is 2. The van der Waals surface area contributed by atoms with Gasteiger partial charge in [-0.15, -0.1) is 0 Å². The van der Waals surface area contributed by atoms with Crippen molar-refractivity contribution in [3.05, 3.63) is 90.0 Å². The number of sulfonamides is 1. The van der Waals surface area contributed by atoms with Crippen molar-refractivity contribution in [2.24, 2.45) is 5.92 Å². The van der Waals surface area contributed by atoms with Crippen molar-refractivity contribution in [1.82, 2.24) is 0 Å². The molecule has 33 heavy (non-hydrogen) atoms. The zero-order valence-corrected chi connectivity index (χ0v) is 19.3. The maximum Gasteiger partial charge on any atom is 0.261 e. The summed E-state index contributed by atoms with van der Waals surface area (Å²) >= 11 is 0. The molecule has 3 aromatic rings. The van der Waals surface area contributed by atoms with E-state index >= 15 is 0 Å². The summed E-state index contributed by atoms with van der Waals surface area (Å²) in [5.74, 6) is 1.50. The van der Waals surface area contributed by atoms with Gasteiger partial charge in [-0.25, -0.2) is 8.42 Å². The topological polar surface area (TPSA) is 76.7 Å². The minimum atomic E-state index is -3.78. The Hall–Kier alpha value is -3.45. The maximum atomic E-state index is 13.2. The van der Waals surface area contributed by atoms with Crippen molar-refractivity contribution in [1.29, 1.82) is 0 Å². The van der Waals surface area contributed by atoms with Gasteiger partial charge in [-0.05, 0) is 53.8 Å². The largest absolute Gasteiger partial charge is 0.493 e. The molecule has 2 N–H and O–H groups in total. The van der Waals surface area contributed by atoms with Crippen LogP contribution in [0.1, 0.15) is 29.5 Å². The molecule has 1 aliphatic carbocycles. The van der Waals surface area contributed by atoms with Crippen LogP contribution >= 0.6 is 0 Å². The Morgan fingerprint density at radius 3 is 2.48 bits per heavy atom. The zero-order valence-electron chi connectivity index (χ0n) is 18.5. The average Bonchev–Trinajstić information content (AvgIpc) is 3.34. The first-order valence-corrected chi connectivity index (χ1v) is 12.4. The van der Waals surface area contributed by atoms with Crippen molar-refractivity contribution < 1.29 is 17.9 Å². The van der Waals surface area contributed by atoms with E-state index in [2.05, 4.69) is 46.5 Å². The highest BCUT2D eigenvalue weighted by atomic mass is 32.2. The van der Waals surface area contributed by atoms with Gasteiger partial charge in [-0.1, -0.05) is 42.5 Å². The first-order valence-electron chi connectivity index (χ1n) is 10.9. The third-order valence-corrected chi connectivity index (χ3v) is 7.82. The lowest BCUT2D eigenvalue weighted by Gasteiger charge is -2.37. The molecule has 0 aromatic heterocycles. The molecule has 0 saturated carbocycles. The predicted octanol–water partition coefficient (Wildman–Crippen LogP) is 5.33. The van der Waals surface area contributed by atoms with Gasteiger partial charge < -0.3 is 14.8 Å². The first-order chi connectivity index (χ1) is 16.0. The number of methoxy groups -OCH3 is 2. The normalized spacial score (nSPS) is 21.0. The summed E-state index contributed by atoms with van der Waals surface area (Å²) in [6, 6.07) is 20.8. The summed E-state index contributed by atoms with van der Waals surface area (Å²) < 4.78 is 39.6. The van der Waals surface area contributed by atoms with Crippen LogP contribution in [-0.4, -0.2) is 22.6 Å². The van der Waals surface area contributed by atoms with Crippen LogP contribution in [0.15, 0.2) is 83.8 Å². The second kappa shape index (κ2) is 8.48. The van der Waals surface area contributed by atoms with E-state index in [9.17, 15) is 8.42 Å². The van der Waals surface area contributed by atoms with E-state index in [1.54, 1.807) is 30.3 Å². The fraction of sp³-hybridized carbons (Fsp3) is 0.231. The molecule has 6 nitrogen and oxygen atoms in total. The lowest BCUT2D eigenvalue weighted by atomic mass is 9.77. The number of hydrogen-bond donors (Lipinski definition) is 2. The second-order valence-corrected chi connectivity index (χ2v) is 9.99. The molecule has 1 aliphatic heterocycles. The number of fused-ring (bicyclic) bond motifs is 3. The van der Waals surface area contributed by atoms with Crippen molar-refractivity contribution in [2.45, 2.75) is 23.3 Å². The van der Waals surface area contributed by atoms with Crippen LogP contribution in [0.25, 0.3) is 0 Å². The van der Waals surface area contributed by atoms with Crippen LogP contribution in [-0.2, 0) is 10.0 Å². The minimum Gasteiger partial charge on any atom is -0.493 e. The standard InChI is InChI=1S/C26H26N2O4S/c1-31-24-14-11-18(15-25(24)32-2)28-33(29,30)19-12-13-23-22(16-19)20-9-6-10-21(20)26(27-23)17-7-4-3-5-8-17/h3-9,11-16,20-21,26-28H,10H2,1-2H3/t20-,21+,26+/m0/s1. The van der Waals surface area contributed by atoms with Crippen LogP contribution in [0.3, 0.4) is 0 Å². The summed E-state index contributed by atoms with van der Waals surface area (Å²) in [5, 5.41) is 3.66. The highest BCUT2D eigenvalue weighted by Gasteiger charge is 2.38. The second-order valence-electron chi connectivity index (χ2n) is 8.31. The molecule has 0 unspecified atom stereocenters. The molecule has 0 fully saturated rings. The Balaban J connectivity index is 1.46. The smallest absolute Gasteiger partial charge is 0.261 e. The van der Waals surface area contributed by atoms with Crippen molar-refractivity contribution in [3.8, 4) is 11.5 Å². The molecular formula is C26H26N2O4S. The zero-order chi connectivity index (χ0) is 23.0. The van der Waals surface area contributed by atoms with Gasteiger partial charge in [0.05, 0.1) is 30.8 Å². The van der Waals surface area contributed by atoms with E-state index in [0.717, 1.165) is 17.7 Å². The monoisotopic (exact) mass is 462 g/mol. The average molecular weight is 463 g/mol. The fourth-order valence-corrected chi connectivity index (χ4v) is 5.93. The van der Waals surface area contributed by atoms with E-state index in [1.807, 2.05) is 12.1 Å². The fourth-order valence-electron chi connectivity index (χ4n) is 4.84. The van der Waals surface area contributed by atoms with Crippen LogP contribution < -0.4 is 19.5 Å². The third-order valence-electron chi connectivity index (χ3n) is 6.44. The summed E-state index contributed by atoms with van der Waals surface area (Å²) in [5.41, 5.74) is 3.64. The van der Waals surface area contributed by atoms with Crippen molar-refractivity contribution in [2.75, 3.05) is 24.3 Å². The Labute approximate surface area is 194 Å². The molecule has 3 aromatic carbocycles. The number of benzene rings is 3. The molecule has 5 rings (SSSR count). The molecule has 2 aliphatic rings. The summed E-state index contributed by atoms with van der Waals surface area (Å²) in [6.07, 6.45) is 5.36. The van der Waals surface area contributed by atoms with E-state index in [-0.39, 0.29) is 16.9 Å². The third kappa shape index (κ3) is 3.93. The molecule has 3 atom stereocenters. The summed E-state index contributed by atoms with van der Waals surface area (Å²) in [4.78, 5) is 0.232. The first kappa shape index (κ1) is 21.4. The lowest BCUT2D eigenvalue weighted by Crippen LogP contribution is -2.29. The van der Waals surface area contributed by atoms with E-state index in [0.29, 0.717) is 23.1 Å². The van der Waals surface area contributed by atoms with Gasteiger partial charge in [0.15, 0.2) is 11.5 Å². The number of ether oxygens (including phenoxy) is 2. The number of nitrogens with one attached hydrogen (secondary N) is 2. The van der Waals surface area contributed by atoms with Crippen molar-refractivity contribution >= 4 is 21.4 Å². The Morgan fingerprint density at radius 2 is 1.73 bits per heavy atom. The molecule has 0 amide bonds. The Morgan fingerprint density at radius 1 is 0.939 bits per heavy atom. The number of hydrogen-bond acceptors (Lipinski definition) is 5. The summed E-state index contributed by atoms with van der Waals surface area (Å²) in [7, 11) is -0.732. The van der Waals surface area contributed by atoms with E-state index in [1.165, 1.54) is 19.8 Å². The number of anilines is 2. The molecule has 0 spiro atoms. The van der Waals surface area contributed by atoms with E-state index in [4.69, 9.17) is 9.47 Å². The minimum absolute atomic E-state index is 0.169. The lowest BCUT2D eigenvalue weighted by molar-refractivity contribution is 0.355. The number of rotatable bonds is 6. The quantitative estimate of drug-likeness (QED) is 0.484. The van der Waals surface area contributed by atoms with Gasteiger partial charge in [0.25, 0.3) is 10.0 Å². The van der Waals surface area contributed by atoms with Crippen LogP contribution in [0, 0.1) is 5.92 Å². The molecule has 170 valence electrons. The molecule has 0 radical (unpaired) electrons. The highest BCUT2D eigenvalue weighted by molar-refractivity contribution is 7.92. The van der Waals surface area contributed by atoms with Crippen molar-refractivity contribution in [3.63, 3.8) is 0 Å². The molecule has 0 bridgehead atoms. The molecule has 0 saturated heterocycles. The van der Waals surface area contributed by atoms with Gasteiger partial charge in [0.2, 0.25) is 0 Å². The van der Waals surface area contributed by atoms with Gasteiger partial charge in [-0.3, -0.25) is 4.72 Å². The SMILES string of the molecule is COc1ccc(NS(=O)(=O)c2ccc3c(c2)[C@H]2C=CC[C@H]2[C@@H](c2ccccc2)N3)cc1OC. The molecular weight excluding hydrogens is 436 g/mol. The van der Waals surface area contributed by atoms with Crippen LogP contribution in [0.2, 0.25) is 0 Å². The highest BCUT2D eigenvalue weighted by Crippen LogP contribution is 2.50. The summed E-state index contributed by atoms with van der Waals surface area (Å²) in [6.45, 7) is 0.